The number of hydrogen-bond acceptors (Lipinski definition) is 5. The predicted molar refractivity (Wildman–Crippen MR) is 118 cm³/mol. The molecule has 1 amide bonds. The fourth-order valence-corrected chi connectivity index (χ4v) is 4.23. The van der Waals surface area contributed by atoms with Gasteiger partial charge in [-0.3, -0.25) is 4.79 Å². The van der Waals surface area contributed by atoms with Crippen molar-refractivity contribution in [1.82, 2.24) is 19.6 Å². The van der Waals surface area contributed by atoms with E-state index in [1.54, 1.807) is 0 Å². The normalized spacial score (nSPS) is 16.8. The Kier molecular flexibility index (Phi) is 6.70. The van der Waals surface area contributed by atoms with Crippen LogP contribution in [-0.2, 0) is 18.3 Å². The third-order valence-electron chi connectivity index (χ3n) is 5.84. The van der Waals surface area contributed by atoms with E-state index in [4.69, 9.17) is 9.26 Å². The van der Waals surface area contributed by atoms with E-state index < -0.39 is 0 Å². The van der Waals surface area contributed by atoms with Crippen molar-refractivity contribution in [2.45, 2.75) is 51.5 Å². The maximum Gasteiger partial charge on any atom is 0.227 e. The van der Waals surface area contributed by atoms with E-state index in [9.17, 15) is 4.79 Å². The van der Waals surface area contributed by atoms with E-state index in [1.807, 2.05) is 55.4 Å². The SMILES string of the molecule is CCOc1ccc(-c2noc(CCC(=O)N3CCCCC[C@H]3c3cccn3C)n2)cc1. The number of aromatic nitrogens is 3. The monoisotopic (exact) mass is 422 g/mol. The molecule has 1 aliphatic heterocycles. The fraction of sp³-hybridized carbons (Fsp3) is 0.458. The Labute approximate surface area is 183 Å². The van der Waals surface area contributed by atoms with E-state index in [1.165, 1.54) is 12.1 Å². The van der Waals surface area contributed by atoms with Gasteiger partial charge in [-0.15, -0.1) is 0 Å². The van der Waals surface area contributed by atoms with Crippen LogP contribution in [0.2, 0.25) is 0 Å². The Morgan fingerprint density at radius 2 is 2.03 bits per heavy atom. The molecule has 1 atom stereocenters. The molecule has 1 aliphatic rings. The van der Waals surface area contributed by atoms with Gasteiger partial charge in [0.2, 0.25) is 17.6 Å². The highest BCUT2D eigenvalue weighted by Gasteiger charge is 2.28. The number of ether oxygens (including phenoxy) is 1. The standard InChI is InChI=1S/C24H30N4O3/c1-3-30-19-12-10-18(11-13-19)24-25-22(31-26-24)14-15-23(29)28-17-6-4-5-8-21(28)20-9-7-16-27(20)2/h7,9-13,16,21H,3-6,8,14-15,17H2,1-2H3/t21-/m0/s1. The summed E-state index contributed by atoms with van der Waals surface area (Å²) >= 11 is 0. The molecular formula is C24H30N4O3. The lowest BCUT2D eigenvalue weighted by molar-refractivity contribution is -0.133. The summed E-state index contributed by atoms with van der Waals surface area (Å²) in [5.41, 5.74) is 2.06. The number of nitrogens with zero attached hydrogens (tertiary/aromatic N) is 4. The number of likely N-dealkylation sites (tertiary alicyclic amines) is 1. The van der Waals surface area contributed by atoms with Crippen LogP contribution >= 0.6 is 0 Å². The molecule has 0 N–H and O–H groups in total. The lowest BCUT2D eigenvalue weighted by Crippen LogP contribution is -2.35. The molecule has 0 unspecified atom stereocenters. The highest BCUT2D eigenvalue weighted by Crippen LogP contribution is 2.31. The first-order chi connectivity index (χ1) is 15.2. The van der Waals surface area contributed by atoms with Crippen molar-refractivity contribution in [1.29, 1.82) is 0 Å². The summed E-state index contributed by atoms with van der Waals surface area (Å²) in [4.78, 5) is 19.7. The minimum Gasteiger partial charge on any atom is -0.494 e. The van der Waals surface area contributed by atoms with Gasteiger partial charge in [0.1, 0.15) is 5.75 Å². The van der Waals surface area contributed by atoms with Gasteiger partial charge in [-0.1, -0.05) is 18.0 Å². The first-order valence-corrected chi connectivity index (χ1v) is 11.1. The average molecular weight is 423 g/mol. The maximum atomic E-state index is 13.1. The largest absolute Gasteiger partial charge is 0.494 e. The Bertz CT molecular complexity index is 992. The molecule has 1 fully saturated rings. The van der Waals surface area contributed by atoms with Crippen molar-refractivity contribution < 1.29 is 14.1 Å². The highest BCUT2D eigenvalue weighted by atomic mass is 16.5. The molecule has 31 heavy (non-hydrogen) atoms. The summed E-state index contributed by atoms with van der Waals surface area (Å²) in [6.45, 7) is 3.38. The van der Waals surface area contributed by atoms with E-state index in [0.717, 1.165) is 37.1 Å². The average Bonchev–Trinajstić information content (AvgIpc) is 3.35. The zero-order valence-corrected chi connectivity index (χ0v) is 18.3. The quantitative estimate of drug-likeness (QED) is 0.558. The Hall–Kier alpha value is -3.09. The molecule has 0 spiro atoms. The molecule has 0 saturated carbocycles. The first-order valence-electron chi connectivity index (χ1n) is 11.1. The molecule has 164 valence electrons. The van der Waals surface area contributed by atoms with Gasteiger partial charge in [0.05, 0.1) is 12.6 Å². The Morgan fingerprint density at radius 3 is 2.77 bits per heavy atom. The smallest absolute Gasteiger partial charge is 0.227 e. The lowest BCUT2D eigenvalue weighted by Gasteiger charge is -2.30. The van der Waals surface area contributed by atoms with Crippen LogP contribution in [0.25, 0.3) is 11.4 Å². The number of aryl methyl sites for hydroxylation is 2. The van der Waals surface area contributed by atoms with Gasteiger partial charge in [-0.2, -0.15) is 4.98 Å². The Balaban J connectivity index is 1.40. The molecule has 3 heterocycles. The van der Waals surface area contributed by atoms with Crippen molar-refractivity contribution in [3.05, 3.63) is 54.2 Å². The highest BCUT2D eigenvalue weighted by molar-refractivity contribution is 5.77. The van der Waals surface area contributed by atoms with E-state index in [2.05, 4.69) is 20.8 Å². The van der Waals surface area contributed by atoms with Crippen LogP contribution in [0.4, 0.5) is 0 Å². The molecule has 1 aromatic carbocycles. The van der Waals surface area contributed by atoms with E-state index >= 15 is 0 Å². The van der Waals surface area contributed by atoms with Crippen LogP contribution < -0.4 is 4.74 Å². The predicted octanol–water partition coefficient (Wildman–Crippen LogP) is 4.55. The van der Waals surface area contributed by atoms with E-state index in [-0.39, 0.29) is 11.9 Å². The molecule has 1 saturated heterocycles. The van der Waals surface area contributed by atoms with Gasteiger partial charge in [-0.05, 0) is 56.2 Å². The van der Waals surface area contributed by atoms with Gasteiger partial charge in [0, 0.05) is 43.9 Å². The van der Waals surface area contributed by atoms with Crippen molar-refractivity contribution in [2.24, 2.45) is 7.05 Å². The van der Waals surface area contributed by atoms with Gasteiger partial charge < -0.3 is 18.7 Å². The lowest BCUT2D eigenvalue weighted by atomic mass is 10.1. The zero-order chi connectivity index (χ0) is 21.6. The van der Waals surface area contributed by atoms with Crippen molar-refractivity contribution in [2.75, 3.05) is 13.2 Å². The second-order valence-corrected chi connectivity index (χ2v) is 7.97. The molecule has 0 bridgehead atoms. The number of carbonyl (C=O) groups excluding carboxylic acids is 1. The molecule has 4 rings (SSSR count). The third kappa shape index (κ3) is 4.98. The van der Waals surface area contributed by atoms with Crippen LogP contribution in [0.3, 0.4) is 0 Å². The maximum absolute atomic E-state index is 13.1. The Morgan fingerprint density at radius 1 is 1.19 bits per heavy atom. The molecule has 0 aliphatic carbocycles. The molecule has 7 heteroatoms. The zero-order valence-electron chi connectivity index (χ0n) is 18.3. The third-order valence-corrected chi connectivity index (χ3v) is 5.84. The van der Waals surface area contributed by atoms with Crippen LogP contribution in [0.1, 0.15) is 56.7 Å². The summed E-state index contributed by atoms with van der Waals surface area (Å²) < 4.78 is 13.0. The topological polar surface area (TPSA) is 73.4 Å². The van der Waals surface area contributed by atoms with E-state index in [0.29, 0.717) is 31.2 Å². The number of amides is 1. The summed E-state index contributed by atoms with van der Waals surface area (Å²) in [5.74, 6) is 1.98. The molecule has 7 nitrogen and oxygen atoms in total. The number of hydrogen-bond donors (Lipinski definition) is 0. The fourth-order valence-electron chi connectivity index (χ4n) is 4.23. The van der Waals surface area contributed by atoms with Crippen molar-refractivity contribution >= 4 is 5.91 Å². The van der Waals surface area contributed by atoms with Crippen molar-refractivity contribution in [3.63, 3.8) is 0 Å². The van der Waals surface area contributed by atoms with Crippen LogP contribution in [0, 0.1) is 0 Å². The van der Waals surface area contributed by atoms with Gasteiger partial charge in [0.15, 0.2) is 0 Å². The number of benzene rings is 1. The van der Waals surface area contributed by atoms with Gasteiger partial charge in [0.25, 0.3) is 0 Å². The number of rotatable bonds is 7. The summed E-state index contributed by atoms with van der Waals surface area (Å²) in [5, 5.41) is 4.08. The molecule has 3 aromatic rings. The van der Waals surface area contributed by atoms with Crippen LogP contribution in [0.15, 0.2) is 47.1 Å². The summed E-state index contributed by atoms with van der Waals surface area (Å²) in [6.07, 6.45) is 7.23. The molecule has 0 radical (unpaired) electrons. The minimum atomic E-state index is 0.136. The minimum absolute atomic E-state index is 0.136. The van der Waals surface area contributed by atoms with Gasteiger partial charge in [-0.25, -0.2) is 0 Å². The molecule has 2 aromatic heterocycles. The van der Waals surface area contributed by atoms with Crippen LogP contribution in [0.5, 0.6) is 5.75 Å². The number of carbonyl (C=O) groups is 1. The summed E-state index contributed by atoms with van der Waals surface area (Å²) in [7, 11) is 2.05. The molecular weight excluding hydrogens is 392 g/mol. The van der Waals surface area contributed by atoms with Crippen molar-refractivity contribution in [3.8, 4) is 17.1 Å². The second-order valence-electron chi connectivity index (χ2n) is 7.97. The van der Waals surface area contributed by atoms with Gasteiger partial charge >= 0.3 is 0 Å². The summed E-state index contributed by atoms with van der Waals surface area (Å²) in [6, 6.07) is 11.9. The van der Waals surface area contributed by atoms with Crippen LogP contribution in [-0.4, -0.2) is 38.7 Å². The first kappa shape index (κ1) is 21.2. The second kappa shape index (κ2) is 9.81.